The number of carbonyl (C=O) groups is 2. The number of methoxy groups -OCH3 is 2. The van der Waals surface area contributed by atoms with Crippen molar-refractivity contribution in [1.29, 1.82) is 0 Å². The minimum atomic E-state index is -0.00775. The number of carbonyl (C=O) groups excluding carboxylic acids is 2. The molecule has 0 aliphatic carbocycles. The SMILES string of the molecule is COCc1nc(OC)c2c(C)c(C(=O)N3CCCN(CC(=O)N(C)C)CC3)sc2n1. The summed E-state index contributed by atoms with van der Waals surface area (Å²) in [5.41, 5.74) is 0.838. The van der Waals surface area contributed by atoms with Crippen molar-refractivity contribution in [2.75, 3.05) is 61.0 Å². The number of aryl methyl sites for hydroxylation is 1. The molecule has 2 aromatic rings. The fourth-order valence-electron chi connectivity index (χ4n) is 3.50. The van der Waals surface area contributed by atoms with Gasteiger partial charge in [0, 0.05) is 47.4 Å². The van der Waals surface area contributed by atoms with Gasteiger partial charge in [-0.25, -0.2) is 4.98 Å². The number of hydrogen-bond donors (Lipinski definition) is 0. The molecule has 30 heavy (non-hydrogen) atoms. The van der Waals surface area contributed by atoms with Crippen LogP contribution in [0.2, 0.25) is 0 Å². The first-order chi connectivity index (χ1) is 14.3. The smallest absolute Gasteiger partial charge is 0.264 e. The first-order valence-electron chi connectivity index (χ1n) is 9.90. The van der Waals surface area contributed by atoms with Crippen molar-refractivity contribution in [3.8, 4) is 5.88 Å². The summed E-state index contributed by atoms with van der Waals surface area (Å²) in [6.45, 7) is 5.30. The van der Waals surface area contributed by atoms with Crippen LogP contribution in [0.3, 0.4) is 0 Å². The Labute approximate surface area is 180 Å². The average Bonchev–Trinajstić information content (AvgIpc) is 2.89. The minimum Gasteiger partial charge on any atom is -0.480 e. The van der Waals surface area contributed by atoms with E-state index in [9.17, 15) is 9.59 Å². The Hall–Kier alpha value is -2.30. The summed E-state index contributed by atoms with van der Waals surface area (Å²) in [7, 11) is 6.67. The lowest BCUT2D eigenvalue weighted by Gasteiger charge is -2.22. The predicted octanol–water partition coefficient (Wildman–Crippen LogP) is 1.39. The van der Waals surface area contributed by atoms with Gasteiger partial charge in [0.15, 0.2) is 5.82 Å². The zero-order valence-corrected chi connectivity index (χ0v) is 19.0. The van der Waals surface area contributed by atoms with Crippen molar-refractivity contribution in [2.45, 2.75) is 20.0 Å². The largest absolute Gasteiger partial charge is 0.480 e. The van der Waals surface area contributed by atoms with Crippen LogP contribution in [0.15, 0.2) is 0 Å². The van der Waals surface area contributed by atoms with Gasteiger partial charge < -0.3 is 19.3 Å². The Morgan fingerprint density at radius 1 is 1.13 bits per heavy atom. The molecule has 0 unspecified atom stereocenters. The molecule has 0 aromatic carbocycles. The van der Waals surface area contributed by atoms with E-state index >= 15 is 0 Å². The van der Waals surface area contributed by atoms with Gasteiger partial charge in [-0.1, -0.05) is 0 Å². The summed E-state index contributed by atoms with van der Waals surface area (Å²) < 4.78 is 10.6. The first-order valence-corrected chi connectivity index (χ1v) is 10.7. The first kappa shape index (κ1) is 22.4. The molecule has 1 fully saturated rings. The number of rotatable bonds is 6. The van der Waals surface area contributed by atoms with Crippen molar-refractivity contribution in [1.82, 2.24) is 24.7 Å². The number of nitrogens with zero attached hydrogens (tertiary/aromatic N) is 5. The fourth-order valence-corrected chi connectivity index (χ4v) is 4.66. The molecule has 2 amide bonds. The maximum absolute atomic E-state index is 13.3. The molecular weight excluding hydrogens is 406 g/mol. The van der Waals surface area contributed by atoms with E-state index in [2.05, 4.69) is 14.9 Å². The Balaban J connectivity index is 1.81. The van der Waals surface area contributed by atoms with Crippen molar-refractivity contribution < 1.29 is 19.1 Å². The lowest BCUT2D eigenvalue weighted by Crippen LogP contribution is -2.39. The molecule has 0 radical (unpaired) electrons. The summed E-state index contributed by atoms with van der Waals surface area (Å²) in [4.78, 5) is 41.2. The minimum absolute atomic E-state index is 0.00775. The van der Waals surface area contributed by atoms with Gasteiger partial charge in [0.2, 0.25) is 11.8 Å². The number of aromatic nitrogens is 2. The molecule has 0 spiro atoms. The third-order valence-corrected chi connectivity index (χ3v) is 6.37. The molecule has 164 valence electrons. The van der Waals surface area contributed by atoms with Crippen LogP contribution in [0.1, 0.15) is 27.5 Å². The molecule has 1 aliphatic rings. The second-order valence-corrected chi connectivity index (χ2v) is 8.53. The van der Waals surface area contributed by atoms with E-state index in [1.807, 2.05) is 11.8 Å². The molecule has 1 aliphatic heterocycles. The van der Waals surface area contributed by atoms with Gasteiger partial charge in [0.05, 0.1) is 23.9 Å². The summed E-state index contributed by atoms with van der Waals surface area (Å²) in [6.07, 6.45) is 0.831. The van der Waals surface area contributed by atoms with Crippen LogP contribution in [0.5, 0.6) is 5.88 Å². The van der Waals surface area contributed by atoms with Crippen LogP contribution in [-0.2, 0) is 16.1 Å². The van der Waals surface area contributed by atoms with Crippen LogP contribution in [-0.4, -0.2) is 97.5 Å². The zero-order chi connectivity index (χ0) is 21.8. The maximum Gasteiger partial charge on any atom is 0.264 e. The number of hydrogen-bond acceptors (Lipinski definition) is 8. The van der Waals surface area contributed by atoms with Crippen molar-refractivity contribution in [2.24, 2.45) is 0 Å². The Bertz CT molecular complexity index is 930. The number of fused-ring (bicyclic) bond motifs is 1. The lowest BCUT2D eigenvalue weighted by molar-refractivity contribution is -0.129. The third-order valence-electron chi connectivity index (χ3n) is 5.20. The molecule has 3 heterocycles. The lowest BCUT2D eigenvalue weighted by atomic mass is 10.2. The fraction of sp³-hybridized carbons (Fsp3) is 0.600. The zero-order valence-electron chi connectivity index (χ0n) is 18.2. The number of ether oxygens (including phenoxy) is 2. The molecule has 9 nitrogen and oxygen atoms in total. The highest BCUT2D eigenvalue weighted by Crippen LogP contribution is 2.35. The standard InChI is InChI=1S/C20H29N5O4S/c1-13-16-18(29-5)21-14(12-28-4)22-19(16)30-17(13)20(27)25-8-6-7-24(9-10-25)11-15(26)23(2)3/h6-12H2,1-5H3. The van der Waals surface area contributed by atoms with Crippen LogP contribution in [0.25, 0.3) is 10.2 Å². The van der Waals surface area contributed by atoms with E-state index < -0.39 is 0 Å². The Morgan fingerprint density at radius 3 is 2.57 bits per heavy atom. The second kappa shape index (κ2) is 9.67. The van der Waals surface area contributed by atoms with Gasteiger partial charge in [0.25, 0.3) is 5.91 Å². The maximum atomic E-state index is 13.3. The Kier molecular flexibility index (Phi) is 7.22. The highest BCUT2D eigenvalue weighted by molar-refractivity contribution is 7.20. The molecule has 10 heteroatoms. The van der Waals surface area contributed by atoms with Gasteiger partial charge in [0.1, 0.15) is 11.4 Å². The number of thiophene rings is 1. The second-order valence-electron chi connectivity index (χ2n) is 7.53. The van der Waals surface area contributed by atoms with Crippen molar-refractivity contribution in [3.63, 3.8) is 0 Å². The highest BCUT2D eigenvalue weighted by Gasteiger charge is 2.27. The molecular formula is C20H29N5O4S. The van der Waals surface area contributed by atoms with Crippen LogP contribution in [0, 0.1) is 6.92 Å². The van der Waals surface area contributed by atoms with E-state index in [0.29, 0.717) is 42.8 Å². The molecule has 0 N–H and O–H groups in total. The van der Waals surface area contributed by atoms with E-state index in [1.54, 1.807) is 33.2 Å². The van der Waals surface area contributed by atoms with Gasteiger partial charge >= 0.3 is 0 Å². The van der Waals surface area contributed by atoms with E-state index in [1.165, 1.54) is 11.3 Å². The topological polar surface area (TPSA) is 88.1 Å². The summed E-state index contributed by atoms with van der Waals surface area (Å²) in [6, 6.07) is 0. The van der Waals surface area contributed by atoms with Crippen molar-refractivity contribution >= 4 is 33.4 Å². The number of likely N-dealkylation sites (N-methyl/N-ethyl adjacent to an activating group) is 1. The highest BCUT2D eigenvalue weighted by atomic mass is 32.1. The molecule has 0 bridgehead atoms. The van der Waals surface area contributed by atoms with E-state index in [4.69, 9.17) is 9.47 Å². The van der Waals surface area contributed by atoms with Crippen LogP contribution >= 0.6 is 11.3 Å². The Morgan fingerprint density at radius 2 is 1.90 bits per heavy atom. The van der Waals surface area contributed by atoms with Gasteiger partial charge in [-0.2, -0.15) is 4.98 Å². The summed E-state index contributed by atoms with van der Waals surface area (Å²) in [5, 5.41) is 0.777. The van der Waals surface area contributed by atoms with Crippen LogP contribution < -0.4 is 4.74 Å². The van der Waals surface area contributed by atoms with E-state index in [-0.39, 0.29) is 18.4 Å². The molecule has 1 saturated heterocycles. The predicted molar refractivity (Wildman–Crippen MR) is 115 cm³/mol. The molecule has 2 aromatic heterocycles. The van der Waals surface area contributed by atoms with Gasteiger partial charge in [-0.15, -0.1) is 11.3 Å². The summed E-state index contributed by atoms with van der Waals surface area (Å²) in [5.74, 6) is 1.06. The van der Waals surface area contributed by atoms with E-state index in [0.717, 1.165) is 28.7 Å². The van der Waals surface area contributed by atoms with Crippen molar-refractivity contribution in [3.05, 3.63) is 16.3 Å². The average molecular weight is 436 g/mol. The van der Waals surface area contributed by atoms with Crippen LogP contribution in [0.4, 0.5) is 0 Å². The van der Waals surface area contributed by atoms with Gasteiger partial charge in [-0.05, 0) is 18.9 Å². The molecule has 0 saturated carbocycles. The molecule has 3 rings (SSSR count). The molecule has 0 atom stereocenters. The third kappa shape index (κ3) is 4.71. The normalized spacial score (nSPS) is 15.3. The summed E-state index contributed by atoms with van der Waals surface area (Å²) >= 11 is 1.37. The monoisotopic (exact) mass is 435 g/mol. The number of amides is 2. The quantitative estimate of drug-likeness (QED) is 0.678. The van der Waals surface area contributed by atoms with Gasteiger partial charge in [-0.3, -0.25) is 14.5 Å².